The molecule has 0 spiro atoms. The molecule has 0 heterocycles. The molecule has 1 rings (SSSR count). The minimum absolute atomic E-state index is 0.837. The monoisotopic (exact) mass is 145 g/mol. The second-order valence-electron chi connectivity index (χ2n) is 2.62. The molecular weight excluding hydrogens is 126 g/mol. The Balaban J connectivity index is 0.000000371. The van der Waals surface area contributed by atoms with Crippen molar-refractivity contribution in [2.45, 2.75) is 38.1 Å². The molecule has 5 N–H and O–H groups in total. The molecule has 3 heteroatoms. The zero-order valence-corrected chi connectivity index (χ0v) is 6.77. The van der Waals surface area contributed by atoms with Crippen LogP contribution in [0.1, 0.15) is 32.1 Å². The van der Waals surface area contributed by atoms with Gasteiger partial charge in [0, 0.05) is 6.04 Å². The van der Waals surface area contributed by atoms with Gasteiger partial charge in [-0.2, -0.15) is 0 Å². The van der Waals surface area contributed by atoms with Crippen molar-refractivity contribution in [1.29, 1.82) is 0 Å². The number of hydrazine groups is 1. The molecule has 0 aliphatic heterocycles. The molecule has 0 radical (unpaired) electrons. The topological polar surface area (TPSA) is 64.1 Å². The summed E-state index contributed by atoms with van der Waals surface area (Å²) in [5.41, 5.74) is 0. The van der Waals surface area contributed by atoms with Gasteiger partial charge < -0.3 is 5.32 Å². The van der Waals surface area contributed by atoms with E-state index < -0.39 is 0 Å². The van der Waals surface area contributed by atoms with Gasteiger partial charge in [0.05, 0.1) is 0 Å². The van der Waals surface area contributed by atoms with Gasteiger partial charge in [-0.05, 0) is 19.9 Å². The fraction of sp³-hybridized carbons (Fsp3) is 1.00. The summed E-state index contributed by atoms with van der Waals surface area (Å²) in [6.07, 6.45) is 7.13. The summed E-state index contributed by atoms with van der Waals surface area (Å²) in [5, 5.41) is 3.30. The van der Waals surface area contributed by atoms with Gasteiger partial charge in [-0.3, -0.25) is 11.7 Å². The summed E-state index contributed by atoms with van der Waals surface area (Å²) in [6, 6.07) is 0.837. The van der Waals surface area contributed by atoms with E-state index in [1.54, 1.807) is 0 Å². The molecule has 0 saturated heterocycles. The average Bonchev–Trinajstić information content (AvgIpc) is 2.10. The summed E-state index contributed by atoms with van der Waals surface area (Å²) in [4.78, 5) is 0. The smallest absolute Gasteiger partial charge is 0.00640 e. The Morgan fingerprint density at radius 2 is 1.60 bits per heavy atom. The standard InChI is InChI=1S/C7H15N.H4N2/c1-8-7-5-3-2-4-6-7;1-2/h7-8H,2-6H2,1H3;1-2H2. The second-order valence-corrected chi connectivity index (χ2v) is 2.62. The highest BCUT2D eigenvalue weighted by Crippen LogP contribution is 2.16. The molecular formula is C7H19N3. The van der Waals surface area contributed by atoms with Crippen molar-refractivity contribution in [2.24, 2.45) is 11.7 Å². The molecule has 0 amide bonds. The van der Waals surface area contributed by atoms with E-state index in [1.165, 1.54) is 32.1 Å². The minimum Gasteiger partial charge on any atom is -0.317 e. The Kier molecular flexibility index (Phi) is 6.91. The summed E-state index contributed by atoms with van der Waals surface area (Å²) >= 11 is 0. The molecule has 0 bridgehead atoms. The number of hydrogen-bond acceptors (Lipinski definition) is 3. The first-order valence-electron chi connectivity index (χ1n) is 3.94. The van der Waals surface area contributed by atoms with Crippen LogP contribution < -0.4 is 17.0 Å². The van der Waals surface area contributed by atoms with Crippen LogP contribution in [0, 0.1) is 0 Å². The molecule has 3 nitrogen and oxygen atoms in total. The predicted molar refractivity (Wildman–Crippen MR) is 44.3 cm³/mol. The first-order chi connectivity index (χ1) is 4.93. The van der Waals surface area contributed by atoms with Crippen LogP contribution in [0.25, 0.3) is 0 Å². The SMILES string of the molecule is CNC1CCCCC1.NN. The van der Waals surface area contributed by atoms with Crippen molar-refractivity contribution < 1.29 is 0 Å². The average molecular weight is 145 g/mol. The Hall–Kier alpha value is -0.120. The molecule has 0 atom stereocenters. The van der Waals surface area contributed by atoms with Crippen molar-refractivity contribution in [3.63, 3.8) is 0 Å². The Labute approximate surface area is 63.1 Å². The van der Waals surface area contributed by atoms with Crippen molar-refractivity contribution in [3.8, 4) is 0 Å². The zero-order chi connectivity index (χ0) is 7.82. The highest BCUT2D eigenvalue weighted by atomic mass is 15.0. The highest BCUT2D eigenvalue weighted by Gasteiger charge is 2.09. The zero-order valence-electron chi connectivity index (χ0n) is 6.77. The first-order valence-corrected chi connectivity index (χ1v) is 3.94. The molecule has 1 saturated carbocycles. The molecule has 1 aliphatic rings. The summed E-state index contributed by atoms with van der Waals surface area (Å²) in [6.45, 7) is 0. The van der Waals surface area contributed by atoms with Crippen LogP contribution in [0.2, 0.25) is 0 Å². The second kappa shape index (κ2) is 6.99. The van der Waals surface area contributed by atoms with Crippen molar-refractivity contribution >= 4 is 0 Å². The molecule has 0 aromatic carbocycles. The van der Waals surface area contributed by atoms with Crippen LogP contribution in [-0.4, -0.2) is 13.1 Å². The van der Waals surface area contributed by atoms with Gasteiger partial charge in [0.1, 0.15) is 0 Å². The van der Waals surface area contributed by atoms with Gasteiger partial charge in [0.2, 0.25) is 0 Å². The van der Waals surface area contributed by atoms with Gasteiger partial charge in [0.25, 0.3) is 0 Å². The lowest BCUT2D eigenvalue weighted by molar-refractivity contribution is 0.394. The van der Waals surface area contributed by atoms with E-state index in [-0.39, 0.29) is 0 Å². The van der Waals surface area contributed by atoms with Gasteiger partial charge in [-0.1, -0.05) is 19.3 Å². The minimum atomic E-state index is 0.837. The van der Waals surface area contributed by atoms with Crippen molar-refractivity contribution in [1.82, 2.24) is 5.32 Å². The molecule has 0 unspecified atom stereocenters. The summed E-state index contributed by atoms with van der Waals surface area (Å²) in [5.74, 6) is 8.00. The first kappa shape index (κ1) is 9.88. The van der Waals surface area contributed by atoms with Crippen LogP contribution in [0.4, 0.5) is 0 Å². The molecule has 1 aliphatic carbocycles. The van der Waals surface area contributed by atoms with E-state index in [2.05, 4.69) is 24.0 Å². The van der Waals surface area contributed by atoms with Gasteiger partial charge in [0.15, 0.2) is 0 Å². The Morgan fingerprint density at radius 3 is 1.90 bits per heavy atom. The lowest BCUT2D eigenvalue weighted by atomic mass is 9.96. The highest BCUT2D eigenvalue weighted by molar-refractivity contribution is 4.68. The number of nitrogens with one attached hydrogen (secondary N) is 1. The maximum atomic E-state index is 4.00. The van der Waals surface area contributed by atoms with E-state index in [9.17, 15) is 0 Å². The molecule has 1 fully saturated rings. The van der Waals surface area contributed by atoms with Gasteiger partial charge >= 0.3 is 0 Å². The van der Waals surface area contributed by atoms with Crippen LogP contribution in [0.15, 0.2) is 0 Å². The van der Waals surface area contributed by atoms with E-state index in [0.29, 0.717) is 0 Å². The molecule has 0 aromatic rings. The number of hydrogen-bond donors (Lipinski definition) is 3. The predicted octanol–water partition coefficient (Wildman–Crippen LogP) is 0.357. The van der Waals surface area contributed by atoms with Crippen LogP contribution in [0.5, 0.6) is 0 Å². The Morgan fingerprint density at radius 1 is 1.10 bits per heavy atom. The van der Waals surface area contributed by atoms with Crippen LogP contribution in [0.3, 0.4) is 0 Å². The van der Waals surface area contributed by atoms with E-state index >= 15 is 0 Å². The summed E-state index contributed by atoms with van der Waals surface area (Å²) < 4.78 is 0. The third kappa shape index (κ3) is 3.82. The van der Waals surface area contributed by atoms with Crippen molar-refractivity contribution in [2.75, 3.05) is 7.05 Å². The lowest BCUT2D eigenvalue weighted by Crippen LogP contribution is -2.26. The molecule has 10 heavy (non-hydrogen) atoms. The largest absolute Gasteiger partial charge is 0.317 e. The lowest BCUT2D eigenvalue weighted by Gasteiger charge is -2.20. The third-order valence-electron chi connectivity index (χ3n) is 2.01. The van der Waals surface area contributed by atoms with Gasteiger partial charge in [-0.15, -0.1) is 0 Å². The molecule has 62 valence electrons. The fourth-order valence-corrected chi connectivity index (χ4v) is 1.39. The Bertz CT molecular complexity index is 59.9. The normalized spacial score (nSPS) is 19.5. The third-order valence-corrected chi connectivity index (χ3v) is 2.01. The number of nitrogens with two attached hydrogens (primary N) is 2. The maximum absolute atomic E-state index is 4.00. The van der Waals surface area contributed by atoms with Crippen LogP contribution >= 0.6 is 0 Å². The number of rotatable bonds is 1. The van der Waals surface area contributed by atoms with Crippen molar-refractivity contribution in [3.05, 3.63) is 0 Å². The van der Waals surface area contributed by atoms with Gasteiger partial charge in [-0.25, -0.2) is 0 Å². The van der Waals surface area contributed by atoms with Crippen LogP contribution in [-0.2, 0) is 0 Å². The molecule has 0 aromatic heterocycles. The quantitative estimate of drug-likeness (QED) is 0.368. The van der Waals surface area contributed by atoms with E-state index in [1.807, 2.05) is 0 Å². The summed E-state index contributed by atoms with van der Waals surface area (Å²) in [7, 11) is 2.07. The van der Waals surface area contributed by atoms with E-state index in [4.69, 9.17) is 0 Å². The maximum Gasteiger partial charge on any atom is 0.00640 e. The van der Waals surface area contributed by atoms with E-state index in [0.717, 1.165) is 6.04 Å². The fourth-order valence-electron chi connectivity index (χ4n) is 1.39.